The first-order valence-corrected chi connectivity index (χ1v) is 7.03. The minimum Gasteiger partial charge on any atom is -0.387 e. The molecule has 0 atom stereocenters. The van der Waals surface area contributed by atoms with Gasteiger partial charge in [-0.05, 0) is 12.1 Å². The molecule has 1 fully saturated rings. The Morgan fingerprint density at radius 3 is 2.71 bits per heavy atom. The van der Waals surface area contributed by atoms with E-state index in [9.17, 15) is 0 Å². The molecule has 2 heterocycles. The molecule has 6 nitrogen and oxygen atoms in total. The summed E-state index contributed by atoms with van der Waals surface area (Å²) in [5, 5.41) is 7.27. The number of ether oxygens (including phenoxy) is 2. The van der Waals surface area contributed by atoms with E-state index in [-0.39, 0.29) is 0 Å². The van der Waals surface area contributed by atoms with Crippen LogP contribution in [0.5, 0.6) is 0 Å². The van der Waals surface area contributed by atoms with Crippen LogP contribution in [0.1, 0.15) is 18.7 Å². The first kappa shape index (κ1) is 14.0. The molecule has 1 saturated heterocycles. The number of anilines is 1. The highest BCUT2D eigenvalue weighted by atomic mass is 16.5. The Morgan fingerprint density at radius 2 is 2.00 bits per heavy atom. The Kier molecular flexibility index (Phi) is 3.90. The first-order chi connectivity index (χ1) is 10.3. The van der Waals surface area contributed by atoms with Crippen molar-refractivity contribution in [1.82, 2.24) is 10.1 Å². The molecule has 0 aliphatic carbocycles. The van der Waals surface area contributed by atoms with Gasteiger partial charge >= 0.3 is 0 Å². The summed E-state index contributed by atoms with van der Waals surface area (Å²) in [6.45, 7) is 1.29. The van der Waals surface area contributed by atoms with Crippen molar-refractivity contribution in [2.45, 2.75) is 18.4 Å². The Morgan fingerprint density at radius 1 is 1.24 bits per heavy atom. The fraction of sp³-hybridized carbons (Fsp3) is 0.467. The van der Waals surface area contributed by atoms with Gasteiger partial charge in [0.1, 0.15) is 5.60 Å². The van der Waals surface area contributed by atoms with Crippen molar-refractivity contribution in [3.8, 4) is 11.5 Å². The molecule has 0 radical (unpaired) electrons. The number of methoxy groups -OCH3 is 1. The number of nitrogens with zero attached hydrogens (tertiary/aromatic N) is 2. The lowest BCUT2D eigenvalue weighted by Crippen LogP contribution is -2.36. The van der Waals surface area contributed by atoms with Crippen LogP contribution in [0.2, 0.25) is 0 Å². The zero-order valence-electron chi connectivity index (χ0n) is 12.3. The van der Waals surface area contributed by atoms with E-state index in [0.717, 1.165) is 24.1 Å². The van der Waals surface area contributed by atoms with Crippen LogP contribution in [0.25, 0.3) is 11.5 Å². The van der Waals surface area contributed by atoms with Gasteiger partial charge in [0.25, 0.3) is 5.89 Å². The first-order valence-electron chi connectivity index (χ1n) is 7.03. The van der Waals surface area contributed by atoms with Crippen molar-refractivity contribution in [2.75, 3.05) is 32.7 Å². The van der Waals surface area contributed by atoms with Gasteiger partial charge in [0.2, 0.25) is 5.82 Å². The summed E-state index contributed by atoms with van der Waals surface area (Å²) in [6, 6.07) is 7.83. The van der Waals surface area contributed by atoms with E-state index in [1.54, 1.807) is 7.11 Å². The van der Waals surface area contributed by atoms with Crippen molar-refractivity contribution in [2.24, 2.45) is 0 Å². The van der Waals surface area contributed by atoms with Crippen LogP contribution < -0.4 is 5.32 Å². The number of hydrogen-bond donors (Lipinski definition) is 1. The Hall–Kier alpha value is -1.92. The number of aromatic nitrogens is 2. The van der Waals surface area contributed by atoms with E-state index in [1.807, 2.05) is 31.3 Å². The molecule has 2 aromatic rings. The van der Waals surface area contributed by atoms with Gasteiger partial charge in [0.15, 0.2) is 0 Å². The summed E-state index contributed by atoms with van der Waals surface area (Å²) >= 11 is 0. The molecule has 1 aliphatic rings. The van der Waals surface area contributed by atoms with Gasteiger partial charge in [-0.3, -0.25) is 0 Å². The highest BCUT2D eigenvalue weighted by Gasteiger charge is 2.39. The maximum atomic E-state index is 5.69. The summed E-state index contributed by atoms with van der Waals surface area (Å²) in [5.74, 6) is 1.09. The third kappa shape index (κ3) is 2.52. The van der Waals surface area contributed by atoms with E-state index >= 15 is 0 Å². The number of nitrogens with one attached hydrogen (secondary N) is 1. The fourth-order valence-electron chi connectivity index (χ4n) is 2.63. The molecule has 0 amide bonds. The van der Waals surface area contributed by atoms with Gasteiger partial charge in [-0.1, -0.05) is 17.3 Å². The minimum absolute atomic E-state index is 0.498. The molecular formula is C15H19N3O3. The van der Waals surface area contributed by atoms with Gasteiger partial charge < -0.3 is 19.3 Å². The normalized spacial score (nSPS) is 17.6. The van der Waals surface area contributed by atoms with Crippen LogP contribution in [-0.4, -0.2) is 37.5 Å². The largest absolute Gasteiger partial charge is 0.387 e. The third-order valence-electron chi connectivity index (χ3n) is 3.95. The average Bonchev–Trinajstić information content (AvgIpc) is 3.06. The molecule has 21 heavy (non-hydrogen) atoms. The predicted molar refractivity (Wildman–Crippen MR) is 78.0 cm³/mol. The van der Waals surface area contributed by atoms with Crippen molar-refractivity contribution in [3.05, 3.63) is 30.1 Å². The number of hydrogen-bond acceptors (Lipinski definition) is 6. The zero-order chi connectivity index (χ0) is 14.7. The number of para-hydroxylation sites is 1. The maximum Gasteiger partial charge on any atom is 0.260 e. The van der Waals surface area contributed by atoms with E-state index in [0.29, 0.717) is 24.9 Å². The standard InChI is InChI=1S/C15H19N3O3/c1-16-12-6-4-3-5-11(12)13-17-14(18-21-13)15(19-2)7-9-20-10-8-15/h3-6,16H,7-10H2,1-2H3. The van der Waals surface area contributed by atoms with E-state index < -0.39 is 5.60 Å². The lowest BCUT2D eigenvalue weighted by molar-refractivity contribution is -0.101. The topological polar surface area (TPSA) is 69.4 Å². The third-order valence-corrected chi connectivity index (χ3v) is 3.95. The van der Waals surface area contributed by atoms with Crippen LogP contribution in [0.3, 0.4) is 0 Å². The molecule has 112 valence electrons. The van der Waals surface area contributed by atoms with Crippen LogP contribution in [0, 0.1) is 0 Å². The Balaban J connectivity index is 1.96. The van der Waals surface area contributed by atoms with E-state index in [2.05, 4.69) is 15.5 Å². The molecular weight excluding hydrogens is 270 g/mol. The molecule has 0 spiro atoms. The molecule has 1 aliphatic heterocycles. The maximum absolute atomic E-state index is 5.69. The summed E-state index contributed by atoms with van der Waals surface area (Å²) in [5.41, 5.74) is 1.33. The summed E-state index contributed by atoms with van der Waals surface area (Å²) < 4.78 is 16.5. The highest BCUT2D eigenvalue weighted by molar-refractivity contribution is 5.72. The van der Waals surface area contributed by atoms with E-state index in [4.69, 9.17) is 14.0 Å². The van der Waals surface area contributed by atoms with Gasteiger partial charge in [-0.25, -0.2) is 0 Å². The quantitative estimate of drug-likeness (QED) is 0.932. The summed E-state index contributed by atoms with van der Waals surface area (Å²) in [4.78, 5) is 4.56. The Labute approximate surface area is 123 Å². The number of benzene rings is 1. The van der Waals surface area contributed by atoms with Gasteiger partial charge in [-0.15, -0.1) is 0 Å². The monoisotopic (exact) mass is 289 g/mol. The molecule has 3 rings (SSSR count). The second kappa shape index (κ2) is 5.83. The van der Waals surface area contributed by atoms with Gasteiger partial charge in [0, 0.05) is 45.9 Å². The van der Waals surface area contributed by atoms with Gasteiger partial charge in [-0.2, -0.15) is 4.98 Å². The van der Waals surface area contributed by atoms with Crippen molar-refractivity contribution < 1.29 is 14.0 Å². The van der Waals surface area contributed by atoms with E-state index in [1.165, 1.54) is 0 Å². The van der Waals surface area contributed by atoms with Crippen molar-refractivity contribution in [1.29, 1.82) is 0 Å². The molecule has 0 unspecified atom stereocenters. The second-order valence-electron chi connectivity index (χ2n) is 5.03. The molecule has 0 bridgehead atoms. The lowest BCUT2D eigenvalue weighted by Gasteiger charge is -2.32. The highest BCUT2D eigenvalue weighted by Crippen LogP contribution is 2.35. The average molecular weight is 289 g/mol. The molecule has 1 N–H and O–H groups in total. The SMILES string of the molecule is CNc1ccccc1-c1nc(C2(OC)CCOCC2)no1. The van der Waals surface area contributed by atoms with Crippen molar-refractivity contribution in [3.63, 3.8) is 0 Å². The fourth-order valence-corrected chi connectivity index (χ4v) is 2.63. The zero-order valence-corrected chi connectivity index (χ0v) is 12.3. The van der Waals surface area contributed by atoms with Crippen LogP contribution >= 0.6 is 0 Å². The van der Waals surface area contributed by atoms with Crippen LogP contribution in [0.15, 0.2) is 28.8 Å². The predicted octanol–water partition coefficient (Wildman–Crippen LogP) is 2.43. The minimum atomic E-state index is -0.505. The summed E-state index contributed by atoms with van der Waals surface area (Å²) in [7, 11) is 3.55. The molecule has 1 aromatic carbocycles. The Bertz CT molecular complexity index is 606. The number of rotatable bonds is 4. The smallest absolute Gasteiger partial charge is 0.260 e. The van der Waals surface area contributed by atoms with Crippen molar-refractivity contribution >= 4 is 5.69 Å². The summed E-state index contributed by atoms with van der Waals surface area (Å²) in [6.07, 6.45) is 1.46. The van der Waals surface area contributed by atoms with Gasteiger partial charge in [0.05, 0.1) is 5.56 Å². The van der Waals surface area contributed by atoms with Crippen LogP contribution in [0.4, 0.5) is 5.69 Å². The molecule has 1 aromatic heterocycles. The molecule has 6 heteroatoms. The lowest BCUT2D eigenvalue weighted by atomic mass is 9.93. The van der Waals surface area contributed by atoms with Crippen LogP contribution in [-0.2, 0) is 15.1 Å². The molecule has 0 saturated carbocycles. The second-order valence-corrected chi connectivity index (χ2v) is 5.03.